The Kier molecular flexibility index (Phi) is 9.05. The van der Waals surface area contributed by atoms with Crippen LogP contribution in [0.4, 0.5) is 0 Å². The van der Waals surface area contributed by atoms with Gasteiger partial charge in [0, 0.05) is 21.5 Å². The van der Waals surface area contributed by atoms with E-state index in [1.165, 1.54) is 22.3 Å². The van der Waals surface area contributed by atoms with Gasteiger partial charge in [-0.3, -0.25) is 0 Å². The molecule has 0 atom stereocenters. The van der Waals surface area contributed by atoms with Crippen LogP contribution in [0.3, 0.4) is 0 Å². The van der Waals surface area contributed by atoms with Gasteiger partial charge in [-0.25, -0.2) is 0 Å². The second-order valence-corrected chi connectivity index (χ2v) is 7.55. The van der Waals surface area contributed by atoms with Crippen molar-refractivity contribution < 1.29 is 0 Å². The molecule has 0 aliphatic heterocycles. The van der Waals surface area contributed by atoms with E-state index < -0.39 is 0 Å². The average molecular weight is 414 g/mol. The van der Waals surface area contributed by atoms with Crippen molar-refractivity contribution in [2.24, 2.45) is 0 Å². The summed E-state index contributed by atoms with van der Waals surface area (Å²) < 4.78 is 0. The molecule has 28 heavy (non-hydrogen) atoms. The number of benzene rings is 3. The smallest absolute Gasteiger partial charge is 0.0462 e. The summed E-state index contributed by atoms with van der Waals surface area (Å²) in [5.74, 6) is 0.0265. The summed E-state index contributed by atoms with van der Waals surface area (Å²) in [5.41, 5.74) is 5.90. The van der Waals surface area contributed by atoms with Crippen molar-refractivity contribution in [1.82, 2.24) is 5.32 Å². The van der Waals surface area contributed by atoms with Crippen LogP contribution in [-0.4, -0.2) is 13.1 Å². The van der Waals surface area contributed by atoms with Crippen LogP contribution >= 0.6 is 23.2 Å². The Morgan fingerprint density at radius 1 is 0.679 bits per heavy atom. The SMILES string of the molecule is CCNCC.Cc1ccccc1C(c1ccccc1C)c1c(Cl)cccc1Cl. The maximum Gasteiger partial charge on any atom is 0.0462 e. The molecule has 0 fully saturated rings. The lowest BCUT2D eigenvalue weighted by molar-refractivity contribution is 0.762. The standard InChI is InChI=1S/C21H18Cl2.C4H11N/c1-14-8-3-5-10-16(14)20(17-11-6-4-9-15(17)2)21-18(22)12-7-13-19(21)23;1-3-5-4-2/h3-13,20H,1-2H3;5H,3-4H2,1-2H3. The Morgan fingerprint density at radius 3 is 1.46 bits per heavy atom. The van der Waals surface area contributed by atoms with Crippen LogP contribution in [-0.2, 0) is 0 Å². The van der Waals surface area contributed by atoms with E-state index >= 15 is 0 Å². The largest absolute Gasteiger partial charge is 0.317 e. The predicted molar refractivity (Wildman–Crippen MR) is 124 cm³/mol. The maximum atomic E-state index is 6.54. The zero-order valence-corrected chi connectivity index (χ0v) is 18.6. The summed E-state index contributed by atoms with van der Waals surface area (Å²) in [5, 5.41) is 4.52. The second kappa shape index (κ2) is 11.3. The van der Waals surface area contributed by atoms with Crippen molar-refractivity contribution in [3.05, 3.63) is 105 Å². The van der Waals surface area contributed by atoms with Gasteiger partial charge in [-0.2, -0.15) is 0 Å². The van der Waals surface area contributed by atoms with Gasteiger partial charge in [0.1, 0.15) is 0 Å². The fourth-order valence-corrected chi connectivity index (χ4v) is 3.95. The van der Waals surface area contributed by atoms with Gasteiger partial charge < -0.3 is 5.32 Å². The van der Waals surface area contributed by atoms with Gasteiger partial charge in [-0.15, -0.1) is 0 Å². The molecule has 3 heteroatoms. The Morgan fingerprint density at radius 2 is 1.11 bits per heavy atom. The minimum absolute atomic E-state index is 0.0265. The normalized spacial score (nSPS) is 10.5. The first-order valence-electron chi connectivity index (χ1n) is 9.76. The van der Waals surface area contributed by atoms with E-state index in [4.69, 9.17) is 23.2 Å². The van der Waals surface area contributed by atoms with Crippen LogP contribution in [0.25, 0.3) is 0 Å². The first kappa shape index (κ1) is 22.5. The fraction of sp³-hybridized carbons (Fsp3) is 0.280. The molecular weight excluding hydrogens is 385 g/mol. The maximum absolute atomic E-state index is 6.54. The molecule has 0 amide bonds. The Labute approximate surface area is 179 Å². The van der Waals surface area contributed by atoms with Crippen LogP contribution in [0.2, 0.25) is 10.0 Å². The summed E-state index contributed by atoms with van der Waals surface area (Å²) in [6, 6.07) is 22.5. The van der Waals surface area contributed by atoms with Crippen molar-refractivity contribution in [2.45, 2.75) is 33.6 Å². The van der Waals surface area contributed by atoms with Gasteiger partial charge in [0.15, 0.2) is 0 Å². The van der Waals surface area contributed by atoms with Crippen LogP contribution in [0.1, 0.15) is 47.6 Å². The molecule has 0 radical (unpaired) electrons. The molecule has 0 heterocycles. The summed E-state index contributed by atoms with van der Waals surface area (Å²) in [4.78, 5) is 0. The number of nitrogens with one attached hydrogen (secondary N) is 1. The van der Waals surface area contributed by atoms with Crippen LogP contribution in [0.5, 0.6) is 0 Å². The third-order valence-corrected chi connectivity index (χ3v) is 5.45. The third-order valence-electron chi connectivity index (χ3n) is 4.79. The molecule has 0 aliphatic carbocycles. The molecule has 3 aromatic carbocycles. The van der Waals surface area contributed by atoms with Crippen molar-refractivity contribution >= 4 is 23.2 Å². The first-order valence-corrected chi connectivity index (χ1v) is 10.5. The van der Waals surface area contributed by atoms with E-state index in [0.29, 0.717) is 10.0 Å². The van der Waals surface area contributed by atoms with Crippen LogP contribution in [0.15, 0.2) is 66.7 Å². The Hall–Kier alpha value is -1.80. The number of aryl methyl sites for hydroxylation is 2. The molecule has 3 aromatic rings. The molecule has 0 saturated carbocycles. The zero-order chi connectivity index (χ0) is 20.5. The highest BCUT2D eigenvalue weighted by molar-refractivity contribution is 6.36. The van der Waals surface area contributed by atoms with Gasteiger partial charge in [0.05, 0.1) is 0 Å². The molecule has 0 unspecified atom stereocenters. The average Bonchev–Trinajstić information content (AvgIpc) is 2.68. The first-order chi connectivity index (χ1) is 13.5. The molecular formula is C25H29Cl2N. The van der Waals surface area contributed by atoms with E-state index in [2.05, 4.69) is 81.5 Å². The summed E-state index contributed by atoms with van der Waals surface area (Å²) in [7, 11) is 0. The van der Waals surface area contributed by atoms with Crippen molar-refractivity contribution in [2.75, 3.05) is 13.1 Å². The summed E-state index contributed by atoms with van der Waals surface area (Å²) in [6.07, 6.45) is 0. The van der Waals surface area contributed by atoms with Gasteiger partial charge in [0.2, 0.25) is 0 Å². The lowest BCUT2D eigenvalue weighted by atomic mass is 9.81. The Bertz CT molecular complexity index is 821. The number of hydrogen-bond acceptors (Lipinski definition) is 1. The highest BCUT2D eigenvalue weighted by Gasteiger charge is 2.24. The molecule has 1 nitrogen and oxygen atoms in total. The van der Waals surface area contributed by atoms with Crippen molar-refractivity contribution in [3.8, 4) is 0 Å². The molecule has 148 valence electrons. The summed E-state index contributed by atoms with van der Waals surface area (Å²) >= 11 is 13.1. The fourth-order valence-electron chi connectivity index (χ4n) is 3.34. The predicted octanol–water partition coefficient (Wildman–Crippen LogP) is 7.41. The van der Waals surface area contributed by atoms with E-state index in [9.17, 15) is 0 Å². The van der Waals surface area contributed by atoms with Gasteiger partial charge in [-0.1, -0.05) is 91.6 Å². The zero-order valence-electron chi connectivity index (χ0n) is 17.1. The summed E-state index contributed by atoms with van der Waals surface area (Å²) in [6.45, 7) is 10.6. The number of rotatable bonds is 5. The molecule has 0 aromatic heterocycles. The molecule has 0 aliphatic rings. The van der Waals surface area contributed by atoms with Crippen LogP contribution in [0, 0.1) is 13.8 Å². The van der Waals surface area contributed by atoms with E-state index in [1.807, 2.05) is 18.2 Å². The van der Waals surface area contributed by atoms with Crippen LogP contribution < -0.4 is 5.32 Å². The van der Waals surface area contributed by atoms with Crippen molar-refractivity contribution in [1.29, 1.82) is 0 Å². The van der Waals surface area contributed by atoms with E-state index in [1.54, 1.807) is 0 Å². The topological polar surface area (TPSA) is 12.0 Å². The van der Waals surface area contributed by atoms with Gasteiger partial charge >= 0.3 is 0 Å². The number of hydrogen-bond donors (Lipinski definition) is 1. The minimum atomic E-state index is 0.0265. The molecule has 0 spiro atoms. The Balaban J connectivity index is 0.000000500. The molecule has 0 bridgehead atoms. The van der Waals surface area contributed by atoms with E-state index in [-0.39, 0.29) is 5.92 Å². The second-order valence-electron chi connectivity index (χ2n) is 6.74. The minimum Gasteiger partial charge on any atom is -0.317 e. The lowest BCUT2D eigenvalue weighted by Gasteiger charge is -2.24. The van der Waals surface area contributed by atoms with E-state index in [0.717, 1.165) is 18.7 Å². The quantitative estimate of drug-likeness (QED) is 0.429. The molecule has 0 saturated heterocycles. The van der Waals surface area contributed by atoms with Gasteiger partial charge in [-0.05, 0) is 61.3 Å². The monoisotopic (exact) mass is 413 g/mol. The highest BCUT2D eigenvalue weighted by atomic mass is 35.5. The molecule has 1 N–H and O–H groups in total. The third kappa shape index (κ3) is 5.61. The lowest BCUT2D eigenvalue weighted by Crippen LogP contribution is -2.09. The van der Waals surface area contributed by atoms with Gasteiger partial charge in [0.25, 0.3) is 0 Å². The highest BCUT2D eigenvalue weighted by Crippen LogP contribution is 2.41. The van der Waals surface area contributed by atoms with Crippen molar-refractivity contribution in [3.63, 3.8) is 0 Å². The number of halogens is 2. The molecule has 3 rings (SSSR count).